The van der Waals surface area contributed by atoms with Crippen molar-refractivity contribution in [1.29, 1.82) is 0 Å². The van der Waals surface area contributed by atoms with Crippen LogP contribution in [0.4, 0.5) is 0 Å². The molecular formula is C14H17N3O3. The lowest BCUT2D eigenvalue weighted by atomic mass is 9.92. The number of nitrogens with zero attached hydrogens (tertiary/aromatic N) is 1. The molecule has 6 nitrogen and oxygen atoms in total. The quantitative estimate of drug-likeness (QED) is 0.646. The molecule has 0 bridgehead atoms. The van der Waals surface area contributed by atoms with E-state index in [4.69, 9.17) is 0 Å². The van der Waals surface area contributed by atoms with E-state index >= 15 is 0 Å². The summed E-state index contributed by atoms with van der Waals surface area (Å²) >= 11 is 0. The fourth-order valence-corrected chi connectivity index (χ4v) is 3.01. The Morgan fingerprint density at radius 2 is 2.00 bits per heavy atom. The van der Waals surface area contributed by atoms with E-state index in [-0.39, 0.29) is 0 Å². The zero-order valence-electron chi connectivity index (χ0n) is 11.3. The van der Waals surface area contributed by atoms with Crippen molar-refractivity contribution in [3.63, 3.8) is 0 Å². The lowest BCUT2D eigenvalue weighted by Crippen LogP contribution is -2.33. The highest BCUT2D eigenvalue weighted by Gasteiger charge is 2.42. The second kappa shape index (κ2) is 4.59. The molecule has 0 saturated carbocycles. The van der Waals surface area contributed by atoms with Crippen molar-refractivity contribution < 1.29 is 15.0 Å². The average Bonchev–Trinajstić information content (AvgIpc) is 2.90. The summed E-state index contributed by atoms with van der Waals surface area (Å²) in [6.07, 6.45) is -1.10. The number of para-hydroxylation sites is 1. The second-order valence-electron chi connectivity index (χ2n) is 5.15. The minimum absolute atomic E-state index is 0.464. The average molecular weight is 275 g/mol. The molecule has 3 atom stereocenters. The normalized spacial score (nSPS) is 26.2. The van der Waals surface area contributed by atoms with Crippen molar-refractivity contribution in [1.82, 2.24) is 15.4 Å². The van der Waals surface area contributed by atoms with Crippen molar-refractivity contribution in [2.45, 2.75) is 19.2 Å². The first kappa shape index (κ1) is 13.1. The predicted octanol–water partition coefficient (Wildman–Crippen LogP) is 0.655. The lowest BCUT2D eigenvalue weighted by Gasteiger charge is -2.17. The SMILES string of the molecule is Cc1c(C2NNC(O)C2C(=O)O)c2ccccc2n1C. The topological polar surface area (TPSA) is 86.5 Å². The van der Waals surface area contributed by atoms with Crippen LogP contribution in [0.1, 0.15) is 17.3 Å². The summed E-state index contributed by atoms with van der Waals surface area (Å²) < 4.78 is 2.04. The van der Waals surface area contributed by atoms with Gasteiger partial charge in [0.05, 0.1) is 6.04 Å². The molecule has 1 saturated heterocycles. The van der Waals surface area contributed by atoms with Gasteiger partial charge in [0.2, 0.25) is 0 Å². The molecular weight excluding hydrogens is 258 g/mol. The number of carboxylic acids is 1. The van der Waals surface area contributed by atoms with E-state index < -0.39 is 24.2 Å². The van der Waals surface area contributed by atoms with E-state index in [1.807, 2.05) is 42.8 Å². The number of aliphatic hydroxyl groups excluding tert-OH is 1. The highest BCUT2D eigenvalue weighted by molar-refractivity contribution is 5.87. The number of hydrogen-bond donors (Lipinski definition) is 4. The van der Waals surface area contributed by atoms with Crippen LogP contribution in [0, 0.1) is 12.8 Å². The first-order valence-corrected chi connectivity index (χ1v) is 6.48. The minimum atomic E-state index is -1.10. The minimum Gasteiger partial charge on any atom is -0.481 e. The van der Waals surface area contributed by atoms with E-state index in [1.54, 1.807) is 0 Å². The third-order valence-electron chi connectivity index (χ3n) is 4.13. The van der Waals surface area contributed by atoms with Gasteiger partial charge in [0.25, 0.3) is 0 Å². The van der Waals surface area contributed by atoms with Gasteiger partial charge in [0.1, 0.15) is 12.1 Å². The molecule has 2 aromatic rings. The van der Waals surface area contributed by atoms with Crippen molar-refractivity contribution in [2.75, 3.05) is 0 Å². The lowest BCUT2D eigenvalue weighted by molar-refractivity contribution is -0.145. The van der Waals surface area contributed by atoms with Crippen LogP contribution < -0.4 is 10.9 Å². The van der Waals surface area contributed by atoms with Gasteiger partial charge in [-0.15, -0.1) is 0 Å². The monoisotopic (exact) mass is 275 g/mol. The maximum absolute atomic E-state index is 11.4. The largest absolute Gasteiger partial charge is 0.481 e. The third-order valence-corrected chi connectivity index (χ3v) is 4.13. The van der Waals surface area contributed by atoms with Gasteiger partial charge >= 0.3 is 5.97 Å². The van der Waals surface area contributed by atoms with Gasteiger partial charge in [-0.25, -0.2) is 10.9 Å². The van der Waals surface area contributed by atoms with Crippen molar-refractivity contribution in [3.8, 4) is 0 Å². The Morgan fingerprint density at radius 3 is 2.70 bits per heavy atom. The molecule has 0 radical (unpaired) electrons. The number of benzene rings is 1. The molecule has 0 aliphatic carbocycles. The summed E-state index contributed by atoms with van der Waals surface area (Å²) in [5, 5.41) is 20.1. The zero-order valence-corrected chi connectivity index (χ0v) is 11.3. The summed E-state index contributed by atoms with van der Waals surface area (Å²) in [5.41, 5.74) is 8.48. The number of aromatic nitrogens is 1. The maximum atomic E-state index is 11.4. The number of carboxylic acid groups (broad SMARTS) is 1. The van der Waals surface area contributed by atoms with E-state index in [0.29, 0.717) is 0 Å². The Balaban J connectivity index is 2.20. The Morgan fingerprint density at radius 1 is 1.30 bits per heavy atom. The molecule has 1 aliphatic heterocycles. The van der Waals surface area contributed by atoms with Crippen LogP contribution in [0.5, 0.6) is 0 Å². The summed E-state index contributed by atoms with van der Waals surface area (Å²) in [4.78, 5) is 11.4. The smallest absolute Gasteiger partial charge is 0.312 e. The van der Waals surface area contributed by atoms with Crippen molar-refractivity contribution in [3.05, 3.63) is 35.5 Å². The molecule has 0 amide bonds. The van der Waals surface area contributed by atoms with Gasteiger partial charge < -0.3 is 14.8 Å². The standard InChI is InChI=1S/C14H17N3O3/c1-7-10(8-5-3-4-6-9(8)17(7)2)12-11(14(19)20)13(18)16-15-12/h3-6,11-13,15-16,18H,1-2H3,(H,19,20). The number of rotatable bonds is 2. The molecule has 106 valence electrons. The van der Waals surface area contributed by atoms with Crippen molar-refractivity contribution >= 4 is 16.9 Å². The van der Waals surface area contributed by atoms with Crippen LogP contribution in [0.3, 0.4) is 0 Å². The first-order chi connectivity index (χ1) is 9.52. The number of aryl methyl sites for hydroxylation is 1. The van der Waals surface area contributed by atoms with Crippen LogP contribution in [-0.4, -0.2) is 27.0 Å². The Kier molecular flexibility index (Phi) is 3.01. The van der Waals surface area contributed by atoms with E-state index in [0.717, 1.165) is 22.2 Å². The number of hydrazine groups is 1. The zero-order chi connectivity index (χ0) is 14.4. The fourth-order valence-electron chi connectivity index (χ4n) is 3.01. The van der Waals surface area contributed by atoms with Crippen LogP contribution in [0.2, 0.25) is 0 Å². The summed E-state index contributed by atoms with van der Waals surface area (Å²) in [7, 11) is 1.95. The number of hydrogen-bond acceptors (Lipinski definition) is 4. The Hall–Kier alpha value is -1.89. The molecule has 0 spiro atoms. The molecule has 1 aromatic heterocycles. The maximum Gasteiger partial charge on any atom is 0.312 e. The molecule has 4 N–H and O–H groups in total. The van der Waals surface area contributed by atoms with Gasteiger partial charge in [0, 0.05) is 23.6 Å². The van der Waals surface area contributed by atoms with Crippen LogP contribution in [-0.2, 0) is 11.8 Å². The number of aliphatic carboxylic acids is 1. The number of fused-ring (bicyclic) bond motifs is 1. The molecule has 2 heterocycles. The van der Waals surface area contributed by atoms with Crippen LogP contribution in [0.25, 0.3) is 10.9 Å². The number of carbonyl (C=O) groups is 1. The highest BCUT2D eigenvalue weighted by Crippen LogP contribution is 2.36. The highest BCUT2D eigenvalue weighted by atomic mass is 16.4. The number of aliphatic hydroxyl groups is 1. The Labute approximate surface area is 116 Å². The van der Waals surface area contributed by atoms with Gasteiger partial charge in [-0.2, -0.15) is 0 Å². The number of nitrogens with one attached hydrogen (secondary N) is 2. The summed E-state index contributed by atoms with van der Waals surface area (Å²) in [6, 6.07) is 7.40. The molecule has 1 aromatic carbocycles. The molecule has 1 fully saturated rings. The van der Waals surface area contributed by atoms with E-state index in [2.05, 4.69) is 10.9 Å². The molecule has 6 heteroatoms. The molecule has 3 unspecified atom stereocenters. The third kappa shape index (κ3) is 1.73. The van der Waals surface area contributed by atoms with E-state index in [9.17, 15) is 15.0 Å². The molecule has 3 rings (SSSR count). The summed E-state index contributed by atoms with van der Waals surface area (Å²) in [5.74, 6) is -1.94. The fraction of sp³-hybridized carbons (Fsp3) is 0.357. The van der Waals surface area contributed by atoms with Gasteiger partial charge in [-0.3, -0.25) is 4.79 Å². The second-order valence-corrected chi connectivity index (χ2v) is 5.15. The predicted molar refractivity (Wildman–Crippen MR) is 73.8 cm³/mol. The molecule has 1 aliphatic rings. The van der Waals surface area contributed by atoms with Crippen LogP contribution >= 0.6 is 0 Å². The van der Waals surface area contributed by atoms with Gasteiger partial charge in [0.15, 0.2) is 0 Å². The van der Waals surface area contributed by atoms with Gasteiger partial charge in [-0.05, 0) is 18.6 Å². The Bertz CT molecular complexity index is 680. The first-order valence-electron chi connectivity index (χ1n) is 6.48. The molecule has 20 heavy (non-hydrogen) atoms. The summed E-state index contributed by atoms with van der Waals surface area (Å²) in [6.45, 7) is 1.96. The van der Waals surface area contributed by atoms with Crippen LogP contribution in [0.15, 0.2) is 24.3 Å². The van der Waals surface area contributed by atoms with Gasteiger partial charge in [-0.1, -0.05) is 18.2 Å². The van der Waals surface area contributed by atoms with Crippen molar-refractivity contribution in [2.24, 2.45) is 13.0 Å². The van der Waals surface area contributed by atoms with E-state index in [1.165, 1.54) is 0 Å².